The molecule has 152 valence electrons. The number of aromatic nitrogens is 2. The predicted octanol–water partition coefficient (Wildman–Crippen LogP) is 2.16. The van der Waals surface area contributed by atoms with Crippen LogP contribution in [0.15, 0.2) is 23.3 Å². The molecule has 2 aromatic rings. The molecule has 1 aromatic heterocycles. The number of allylic oxidation sites excluding steroid dienone is 1. The number of nitrogens with two attached hydrogens (primary N) is 1. The molecule has 4 rings (SSSR count). The highest BCUT2D eigenvalue weighted by Gasteiger charge is 2.32. The van der Waals surface area contributed by atoms with Gasteiger partial charge in [-0.3, -0.25) is 14.5 Å². The number of benzene rings is 1. The lowest BCUT2D eigenvalue weighted by Gasteiger charge is -2.28. The fourth-order valence-electron chi connectivity index (χ4n) is 4.29. The number of fused-ring (bicyclic) bond motifs is 2. The van der Waals surface area contributed by atoms with Gasteiger partial charge in [-0.2, -0.15) is 5.10 Å². The van der Waals surface area contributed by atoms with Crippen LogP contribution < -0.4 is 10.6 Å². The van der Waals surface area contributed by atoms with Gasteiger partial charge in [-0.05, 0) is 18.6 Å². The van der Waals surface area contributed by atoms with Gasteiger partial charge in [-0.25, -0.2) is 4.39 Å². The molecule has 0 spiro atoms. The Kier molecular flexibility index (Phi) is 4.86. The quantitative estimate of drug-likeness (QED) is 0.807. The number of rotatable bonds is 3. The van der Waals surface area contributed by atoms with Gasteiger partial charge in [0.25, 0.3) is 0 Å². The second-order valence-electron chi connectivity index (χ2n) is 7.40. The number of hydrogen-bond acceptors (Lipinski definition) is 5. The molecule has 8 heteroatoms. The Morgan fingerprint density at radius 1 is 1.28 bits per heavy atom. The van der Waals surface area contributed by atoms with Crippen LogP contribution in [0.4, 0.5) is 15.9 Å². The number of carbonyl (C=O) groups is 1. The third-order valence-corrected chi connectivity index (χ3v) is 5.78. The molecule has 0 bridgehead atoms. The van der Waals surface area contributed by atoms with Gasteiger partial charge in [0.15, 0.2) is 5.82 Å². The lowest BCUT2D eigenvalue weighted by Crippen LogP contribution is -2.35. The van der Waals surface area contributed by atoms with E-state index in [1.807, 2.05) is 22.7 Å². The molecule has 29 heavy (non-hydrogen) atoms. The van der Waals surface area contributed by atoms with E-state index >= 15 is 4.39 Å². The van der Waals surface area contributed by atoms with Crippen molar-refractivity contribution in [2.45, 2.75) is 26.3 Å². The lowest BCUT2D eigenvalue weighted by molar-refractivity contribution is -0.129. The average Bonchev–Trinajstić information content (AvgIpc) is 3.28. The largest absolute Gasteiger partial charge is 0.404 e. The van der Waals surface area contributed by atoms with E-state index in [-0.39, 0.29) is 11.7 Å². The molecule has 0 atom stereocenters. The normalized spacial score (nSPS) is 16.5. The summed E-state index contributed by atoms with van der Waals surface area (Å²) in [7, 11) is 3.56. The maximum Gasteiger partial charge on any atom is 0.219 e. The molecule has 1 amide bonds. The first kappa shape index (κ1) is 19.2. The van der Waals surface area contributed by atoms with E-state index in [4.69, 9.17) is 10.8 Å². The zero-order valence-corrected chi connectivity index (χ0v) is 16.9. The fraction of sp³-hybridized carbons (Fsp3) is 0.381. The number of anilines is 2. The Bertz CT molecular complexity index is 1040. The standard InChI is InChI=1S/C21H25FN6O/c1-13(29)27-8-7-18-17(12-27)21(25-26(18)3)28-9-6-16-19(28)5-4-15(20(16)22)14(10-23)11-24-2/h4-5,10-11H,6-9,12,23H2,1-3H3. The highest BCUT2D eigenvalue weighted by atomic mass is 19.1. The van der Waals surface area contributed by atoms with Crippen LogP contribution in [0.2, 0.25) is 0 Å². The number of carbonyl (C=O) groups excluding carboxylic acids is 1. The molecule has 0 aliphatic carbocycles. The van der Waals surface area contributed by atoms with Crippen LogP contribution >= 0.6 is 0 Å². The first-order valence-electron chi connectivity index (χ1n) is 9.69. The molecule has 1 aromatic carbocycles. The van der Waals surface area contributed by atoms with E-state index in [2.05, 4.69) is 9.89 Å². The van der Waals surface area contributed by atoms with E-state index in [1.54, 1.807) is 26.3 Å². The van der Waals surface area contributed by atoms with Crippen molar-refractivity contribution in [3.8, 4) is 0 Å². The number of halogens is 1. The topological polar surface area (TPSA) is 79.8 Å². The van der Waals surface area contributed by atoms with Crippen LogP contribution in [0.25, 0.3) is 5.57 Å². The van der Waals surface area contributed by atoms with Crippen molar-refractivity contribution in [3.05, 3.63) is 46.5 Å². The van der Waals surface area contributed by atoms with Gasteiger partial charge in [-0.15, -0.1) is 0 Å². The van der Waals surface area contributed by atoms with Gasteiger partial charge in [0.2, 0.25) is 5.91 Å². The second kappa shape index (κ2) is 7.35. The molecule has 3 heterocycles. The van der Waals surface area contributed by atoms with Crippen molar-refractivity contribution in [1.82, 2.24) is 14.7 Å². The van der Waals surface area contributed by atoms with Gasteiger partial charge in [0.05, 0.1) is 6.54 Å². The van der Waals surface area contributed by atoms with Crippen molar-refractivity contribution in [2.24, 2.45) is 17.8 Å². The maximum atomic E-state index is 15.3. The highest BCUT2D eigenvalue weighted by molar-refractivity contribution is 6.10. The average molecular weight is 396 g/mol. The number of nitrogens with zero attached hydrogens (tertiary/aromatic N) is 5. The van der Waals surface area contributed by atoms with Gasteiger partial charge in [-0.1, -0.05) is 0 Å². The number of amides is 1. The first-order valence-corrected chi connectivity index (χ1v) is 9.69. The Labute approximate surface area is 169 Å². The highest BCUT2D eigenvalue weighted by Crippen LogP contribution is 2.40. The molecular formula is C21H25FN6O. The summed E-state index contributed by atoms with van der Waals surface area (Å²) in [6.07, 6.45) is 4.28. The van der Waals surface area contributed by atoms with Crippen molar-refractivity contribution in [1.29, 1.82) is 0 Å². The number of aryl methyl sites for hydroxylation is 1. The summed E-state index contributed by atoms with van der Waals surface area (Å²) in [5.74, 6) is 0.600. The number of hydrogen-bond donors (Lipinski definition) is 1. The summed E-state index contributed by atoms with van der Waals surface area (Å²) in [6, 6.07) is 3.66. The van der Waals surface area contributed by atoms with E-state index in [1.165, 1.54) is 6.20 Å². The van der Waals surface area contributed by atoms with E-state index in [9.17, 15) is 4.79 Å². The van der Waals surface area contributed by atoms with Crippen LogP contribution in [0.1, 0.15) is 29.3 Å². The second-order valence-corrected chi connectivity index (χ2v) is 7.40. The Morgan fingerprint density at radius 2 is 2.07 bits per heavy atom. The molecule has 0 saturated carbocycles. The van der Waals surface area contributed by atoms with E-state index in [0.29, 0.717) is 42.8 Å². The fourth-order valence-corrected chi connectivity index (χ4v) is 4.29. The maximum absolute atomic E-state index is 15.3. The minimum Gasteiger partial charge on any atom is -0.404 e. The summed E-state index contributed by atoms with van der Waals surface area (Å²) in [6.45, 7) is 3.46. The van der Waals surface area contributed by atoms with Crippen LogP contribution in [-0.4, -0.2) is 46.9 Å². The van der Waals surface area contributed by atoms with E-state index in [0.717, 1.165) is 29.2 Å². The minimum atomic E-state index is -0.267. The molecule has 2 N–H and O–H groups in total. The molecule has 7 nitrogen and oxygen atoms in total. The minimum absolute atomic E-state index is 0.0571. The summed E-state index contributed by atoms with van der Waals surface area (Å²) < 4.78 is 17.2. The first-order chi connectivity index (χ1) is 14.0. The van der Waals surface area contributed by atoms with Crippen LogP contribution in [-0.2, 0) is 31.2 Å². The Morgan fingerprint density at radius 3 is 2.76 bits per heavy atom. The lowest BCUT2D eigenvalue weighted by atomic mass is 10.0. The monoisotopic (exact) mass is 396 g/mol. The molecule has 0 unspecified atom stereocenters. The van der Waals surface area contributed by atoms with Crippen molar-refractivity contribution < 1.29 is 9.18 Å². The van der Waals surface area contributed by atoms with Gasteiger partial charge < -0.3 is 15.5 Å². The summed E-state index contributed by atoms with van der Waals surface area (Å²) in [5, 5.41) is 4.73. The smallest absolute Gasteiger partial charge is 0.219 e. The van der Waals surface area contributed by atoms with Crippen LogP contribution in [0, 0.1) is 5.82 Å². The predicted molar refractivity (Wildman–Crippen MR) is 112 cm³/mol. The van der Waals surface area contributed by atoms with Crippen LogP contribution in [0.3, 0.4) is 0 Å². The zero-order valence-electron chi connectivity index (χ0n) is 16.9. The van der Waals surface area contributed by atoms with Gasteiger partial charge in [0.1, 0.15) is 5.82 Å². The van der Waals surface area contributed by atoms with E-state index < -0.39 is 0 Å². The molecular weight excluding hydrogens is 371 g/mol. The third kappa shape index (κ3) is 3.08. The van der Waals surface area contributed by atoms with Crippen molar-refractivity contribution in [3.63, 3.8) is 0 Å². The summed E-state index contributed by atoms with van der Waals surface area (Å²) >= 11 is 0. The van der Waals surface area contributed by atoms with Gasteiger partial charge >= 0.3 is 0 Å². The molecule has 2 aliphatic rings. The van der Waals surface area contributed by atoms with Crippen molar-refractivity contribution in [2.75, 3.05) is 25.0 Å². The third-order valence-electron chi connectivity index (χ3n) is 5.78. The SMILES string of the molecule is CN=CC(=CN)c1ccc2c(c1F)CCN2c1nn(C)c2c1CN(C(C)=O)CC2. The molecule has 0 radical (unpaired) electrons. The zero-order chi connectivity index (χ0) is 20.7. The van der Waals surface area contributed by atoms with Crippen molar-refractivity contribution >= 4 is 29.2 Å². The summed E-state index contributed by atoms with van der Waals surface area (Å²) in [4.78, 5) is 19.7. The molecule has 2 aliphatic heterocycles. The number of aliphatic imine (C=N–C) groups is 1. The van der Waals surface area contributed by atoms with Crippen LogP contribution in [0.5, 0.6) is 0 Å². The molecule has 0 fully saturated rings. The van der Waals surface area contributed by atoms with Gasteiger partial charge in [0, 0.05) is 86.6 Å². The molecule has 0 saturated heterocycles. The summed E-state index contributed by atoms with van der Waals surface area (Å²) in [5.41, 5.74) is 10.3. The Hall–Kier alpha value is -3.16. The Balaban J connectivity index is 1.75.